The quantitative estimate of drug-likeness (QED) is 0.679. The van der Waals surface area contributed by atoms with E-state index >= 15 is 0 Å². The Morgan fingerprint density at radius 3 is 2.94 bits per heavy atom. The van der Waals surface area contributed by atoms with Crippen molar-refractivity contribution in [1.82, 2.24) is 29.7 Å². The summed E-state index contributed by atoms with van der Waals surface area (Å²) in [6, 6.07) is 0. The highest BCUT2D eigenvalue weighted by Gasteiger charge is 2.15. The van der Waals surface area contributed by atoms with Crippen molar-refractivity contribution in [3.63, 3.8) is 0 Å². The molecule has 2 rings (SSSR count). The zero-order chi connectivity index (χ0) is 11.7. The Labute approximate surface area is 89.9 Å². The summed E-state index contributed by atoms with van der Waals surface area (Å²) in [5.41, 5.74) is -0.112. The molecular weight excluding hydrogens is 212 g/mol. The molecule has 0 fully saturated rings. The topological polar surface area (TPSA) is 94.2 Å². The van der Waals surface area contributed by atoms with Gasteiger partial charge < -0.3 is 5.32 Å². The summed E-state index contributed by atoms with van der Waals surface area (Å²) in [5.74, 6) is -0.398. The molecular formula is C8H10N6O2. The van der Waals surface area contributed by atoms with Crippen LogP contribution in [0, 0.1) is 0 Å². The molecule has 0 aliphatic rings. The van der Waals surface area contributed by atoms with Gasteiger partial charge in [0.05, 0.1) is 0 Å². The first kappa shape index (κ1) is 10.3. The van der Waals surface area contributed by atoms with E-state index < -0.39 is 5.91 Å². The summed E-state index contributed by atoms with van der Waals surface area (Å²) < 4.78 is 2.38. The number of aromatic nitrogens is 5. The molecule has 84 valence electrons. The lowest BCUT2D eigenvalue weighted by atomic mass is 10.4. The Kier molecular flexibility index (Phi) is 2.39. The number of hydrogen-bond donors (Lipinski definition) is 1. The molecule has 1 N–H and O–H groups in total. The predicted octanol–water partition coefficient (Wildman–Crippen LogP) is -1.33. The Balaban J connectivity index is 2.72. The first-order valence-corrected chi connectivity index (χ1v) is 4.72. The first-order valence-electron chi connectivity index (χ1n) is 4.72. The van der Waals surface area contributed by atoms with Gasteiger partial charge in [0.2, 0.25) is 0 Å². The monoisotopic (exact) mass is 222 g/mol. The molecule has 0 radical (unpaired) electrons. The van der Waals surface area contributed by atoms with E-state index in [1.165, 1.54) is 22.5 Å². The molecule has 0 bridgehead atoms. The minimum absolute atomic E-state index is 0.0929. The van der Waals surface area contributed by atoms with Crippen LogP contribution in [0.25, 0.3) is 5.65 Å². The molecule has 2 aromatic heterocycles. The second kappa shape index (κ2) is 3.72. The molecule has 0 aliphatic carbocycles. The van der Waals surface area contributed by atoms with Crippen molar-refractivity contribution in [1.29, 1.82) is 0 Å². The normalized spacial score (nSPS) is 10.6. The van der Waals surface area contributed by atoms with Crippen LogP contribution in [0.2, 0.25) is 0 Å². The number of aryl methyl sites for hydroxylation is 1. The highest BCUT2D eigenvalue weighted by atomic mass is 16.2. The third-order valence-corrected chi connectivity index (χ3v) is 2.16. The second-order valence-corrected chi connectivity index (χ2v) is 3.05. The fourth-order valence-electron chi connectivity index (χ4n) is 1.31. The molecule has 16 heavy (non-hydrogen) atoms. The third-order valence-electron chi connectivity index (χ3n) is 2.16. The van der Waals surface area contributed by atoms with Crippen LogP contribution in [0.3, 0.4) is 0 Å². The van der Waals surface area contributed by atoms with Crippen LogP contribution in [-0.4, -0.2) is 37.3 Å². The minimum atomic E-state index is -0.398. The van der Waals surface area contributed by atoms with Gasteiger partial charge in [0.15, 0.2) is 11.3 Å². The van der Waals surface area contributed by atoms with Crippen molar-refractivity contribution >= 4 is 11.6 Å². The predicted molar refractivity (Wildman–Crippen MR) is 54.1 cm³/mol. The lowest BCUT2D eigenvalue weighted by molar-refractivity contribution is 0.0960. The Morgan fingerprint density at radius 1 is 1.56 bits per heavy atom. The van der Waals surface area contributed by atoms with E-state index in [-0.39, 0.29) is 17.0 Å². The fraction of sp³-hybridized carbons (Fsp3) is 0.375. The van der Waals surface area contributed by atoms with Crippen LogP contribution in [0.5, 0.6) is 0 Å². The van der Waals surface area contributed by atoms with Gasteiger partial charge in [0, 0.05) is 13.6 Å². The molecule has 0 spiro atoms. The van der Waals surface area contributed by atoms with Gasteiger partial charge >= 0.3 is 5.69 Å². The van der Waals surface area contributed by atoms with E-state index in [0.717, 1.165) is 0 Å². The summed E-state index contributed by atoms with van der Waals surface area (Å²) >= 11 is 0. The SMILES string of the molecule is CCn1nnc2c(C(=O)NC)ncn2c1=O. The third kappa shape index (κ3) is 1.35. The largest absolute Gasteiger partial charge is 0.354 e. The van der Waals surface area contributed by atoms with Crippen molar-refractivity contribution in [2.24, 2.45) is 0 Å². The standard InChI is InChI=1S/C8H10N6O2/c1-3-14-8(16)13-4-10-5(7(15)9-2)6(13)11-12-14/h4H,3H2,1-2H3,(H,9,15). The van der Waals surface area contributed by atoms with Crippen LogP contribution in [0.15, 0.2) is 11.1 Å². The molecule has 0 saturated heterocycles. The minimum Gasteiger partial charge on any atom is -0.354 e. The lowest BCUT2D eigenvalue weighted by Crippen LogP contribution is -2.29. The molecule has 0 aliphatic heterocycles. The summed E-state index contributed by atoms with van der Waals surface area (Å²) in [5, 5.41) is 9.90. The van der Waals surface area contributed by atoms with Crippen LogP contribution >= 0.6 is 0 Å². The number of carbonyl (C=O) groups excluding carboxylic acids is 1. The van der Waals surface area contributed by atoms with Crippen LogP contribution < -0.4 is 11.0 Å². The highest BCUT2D eigenvalue weighted by molar-refractivity contribution is 5.97. The number of imidazole rings is 1. The average molecular weight is 222 g/mol. The molecule has 0 saturated carbocycles. The van der Waals surface area contributed by atoms with Crippen molar-refractivity contribution < 1.29 is 4.79 Å². The molecule has 1 amide bonds. The smallest absolute Gasteiger partial charge is 0.352 e. The molecule has 0 atom stereocenters. The van der Waals surface area contributed by atoms with Gasteiger partial charge in [-0.25, -0.2) is 14.2 Å². The van der Waals surface area contributed by atoms with Crippen LogP contribution in [0.1, 0.15) is 17.4 Å². The summed E-state index contributed by atoms with van der Waals surface area (Å²) in [6.07, 6.45) is 1.27. The number of nitrogens with zero attached hydrogens (tertiary/aromatic N) is 5. The summed E-state index contributed by atoms with van der Waals surface area (Å²) in [4.78, 5) is 27.0. The molecule has 2 heterocycles. The van der Waals surface area contributed by atoms with Crippen molar-refractivity contribution in [2.75, 3.05) is 7.05 Å². The number of hydrogen-bond acceptors (Lipinski definition) is 5. The maximum Gasteiger partial charge on any atom is 0.352 e. The highest BCUT2D eigenvalue weighted by Crippen LogP contribution is 2.01. The summed E-state index contributed by atoms with van der Waals surface area (Å²) in [6.45, 7) is 2.19. The zero-order valence-electron chi connectivity index (χ0n) is 8.84. The van der Waals surface area contributed by atoms with E-state index in [4.69, 9.17) is 0 Å². The molecule has 2 aromatic rings. The fourth-order valence-corrected chi connectivity index (χ4v) is 1.31. The maximum atomic E-state index is 11.7. The first-order chi connectivity index (χ1) is 7.69. The van der Waals surface area contributed by atoms with Crippen molar-refractivity contribution in [3.8, 4) is 0 Å². The van der Waals surface area contributed by atoms with Gasteiger partial charge in [0.1, 0.15) is 6.33 Å². The average Bonchev–Trinajstić information content (AvgIpc) is 2.73. The second-order valence-electron chi connectivity index (χ2n) is 3.05. The van der Waals surface area contributed by atoms with E-state index in [1.54, 1.807) is 6.92 Å². The van der Waals surface area contributed by atoms with E-state index in [2.05, 4.69) is 20.6 Å². The molecule has 0 unspecified atom stereocenters. The van der Waals surface area contributed by atoms with Crippen molar-refractivity contribution in [2.45, 2.75) is 13.5 Å². The van der Waals surface area contributed by atoms with E-state index in [1.807, 2.05) is 0 Å². The lowest BCUT2D eigenvalue weighted by Gasteiger charge is -1.99. The number of fused-ring (bicyclic) bond motifs is 1. The van der Waals surface area contributed by atoms with Gasteiger partial charge in [0.25, 0.3) is 5.91 Å². The Bertz CT molecular complexity index is 598. The molecule has 8 nitrogen and oxygen atoms in total. The maximum absolute atomic E-state index is 11.7. The number of amides is 1. The Morgan fingerprint density at radius 2 is 2.31 bits per heavy atom. The van der Waals surface area contributed by atoms with Crippen LogP contribution in [0.4, 0.5) is 0 Å². The Hall–Kier alpha value is -2.25. The van der Waals surface area contributed by atoms with Crippen molar-refractivity contribution in [3.05, 3.63) is 22.5 Å². The number of carbonyl (C=O) groups is 1. The number of rotatable bonds is 2. The summed E-state index contributed by atoms with van der Waals surface area (Å²) in [7, 11) is 1.48. The molecule has 0 aromatic carbocycles. The van der Waals surface area contributed by atoms with Gasteiger partial charge in [-0.2, -0.15) is 4.68 Å². The van der Waals surface area contributed by atoms with E-state index in [9.17, 15) is 9.59 Å². The van der Waals surface area contributed by atoms with E-state index in [0.29, 0.717) is 6.54 Å². The van der Waals surface area contributed by atoms with Gasteiger partial charge in [-0.1, -0.05) is 5.21 Å². The van der Waals surface area contributed by atoms with Gasteiger partial charge in [-0.3, -0.25) is 4.79 Å². The molecule has 8 heteroatoms. The van der Waals surface area contributed by atoms with Gasteiger partial charge in [-0.05, 0) is 6.92 Å². The van der Waals surface area contributed by atoms with Crippen LogP contribution in [-0.2, 0) is 6.54 Å². The zero-order valence-corrected chi connectivity index (χ0v) is 8.84. The van der Waals surface area contributed by atoms with Gasteiger partial charge in [-0.15, -0.1) is 5.10 Å². The number of nitrogens with one attached hydrogen (secondary N) is 1.